The summed E-state index contributed by atoms with van der Waals surface area (Å²) in [6, 6.07) is 12.1. The van der Waals surface area contributed by atoms with Crippen LogP contribution >= 0.6 is 11.6 Å². The van der Waals surface area contributed by atoms with E-state index in [-0.39, 0.29) is 17.2 Å². The number of para-hydroxylation sites is 1. The molecule has 0 fully saturated rings. The fraction of sp³-hybridized carbons (Fsp3) is 0.200. The smallest absolute Gasteiger partial charge is 0.273 e. The highest BCUT2D eigenvalue weighted by atomic mass is 35.5. The number of hydrogen-bond acceptors (Lipinski definition) is 5. The number of rotatable bonds is 6. The van der Waals surface area contributed by atoms with Gasteiger partial charge in [-0.2, -0.15) is 0 Å². The minimum Gasteiger partial charge on any atom is -0.496 e. The van der Waals surface area contributed by atoms with Crippen molar-refractivity contribution < 1.29 is 23.8 Å². The third-order valence-corrected chi connectivity index (χ3v) is 4.63. The molecule has 2 aromatic carbocycles. The lowest BCUT2D eigenvalue weighted by Crippen LogP contribution is -2.30. The average Bonchev–Trinajstić information content (AvgIpc) is 2.91. The number of carbonyl (C=O) groups is 2. The Balaban J connectivity index is 1.92. The maximum Gasteiger partial charge on any atom is 0.273 e. The second-order valence-electron chi connectivity index (χ2n) is 5.78. The van der Waals surface area contributed by atoms with E-state index in [1.54, 1.807) is 42.5 Å². The Morgan fingerprint density at radius 2 is 1.52 bits per heavy atom. The number of halogens is 1. The molecule has 3 rings (SSSR count). The fourth-order valence-corrected chi connectivity index (χ4v) is 3.22. The zero-order valence-corrected chi connectivity index (χ0v) is 15.9. The maximum atomic E-state index is 12.9. The molecule has 0 bridgehead atoms. The molecular weight excluding hydrogens is 370 g/mol. The molecular formula is C20H18ClNO5. The second kappa shape index (κ2) is 7.72. The number of hydrogen-bond donors (Lipinski definition) is 0. The standard InChI is InChI=1S/C20H18ClNO5/c1-25-14-7-5-4-6-13(14)17-18(21)20(24)22(19(17)23)11-12-8-9-15(26-2)16(10-12)27-3/h4-10H,11H2,1-3H3. The van der Waals surface area contributed by atoms with Gasteiger partial charge in [-0.05, 0) is 23.8 Å². The highest BCUT2D eigenvalue weighted by molar-refractivity contribution is 6.55. The van der Waals surface area contributed by atoms with Gasteiger partial charge in [0.2, 0.25) is 0 Å². The van der Waals surface area contributed by atoms with E-state index < -0.39 is 11.8 Å². The Bertz CT molecular complexity index is 938. The summed E-state index contributed by atoms with van der Waals surface area (Å²) in [5.41, 5.74) is 1.33. The first-order valence-corrected chi connectivity index (χ1v) is 8.49. The summed E-state index contributed by atoms with van der Waals surface area (Å²) in [6.07, 6.45) is 0. The number of benzene rings is 2. The molecule has 27 heavy (non-hydrogen) atoms. The van der Waals surface area contributed by atoms with Gasteiger partial charge in [0.15, 0.2) is 11.5 Å². The van der Waals surface area contributed by atoms with Gasteiger partial charge in [-0.15, -0.1) is 0 Å². The lowest BCUT2D eigenvalue weighted by Gasteiger charge is -2.16. The van der Waals surface area contributed by atoms with Gasteiger partial charge in [0, 0.05) is 5.56 Å². The summed E-state index contributed by atoms with van der Waals surface area (Å²) < 4.78 is 15.8. The highest BCUT2D eigenvalue weighted by Gasteiger charge is 2.39. The lowest BCUT2D eigenvalue weighted by molar-refractivity contribution is -0.137. The van der Waals surface area contributed by atoms with Crippen molar-refractivity contribution in [3.05, 3.63) is 58.6 Å². The summed E-state index contributed by atoms with van der Waals surface area (Å²) in [6.45, 7) is 0.0624. The van der Waals surface area contributed by atoms with Crippen LogP contribution in [0.5, 0.6) is 17.2 Å². The predicted molar refractivity (Wildman–Crippen MR) is 101 cm³/mol. The number of nitrogens with zero attached hydrogens (tertiary/aromatic N) is 1. The van der Waals surface area contributed by atoms with E-state index in [0.717, 1.165) is 4.90 Å². The molecule has 0 spiro atoms. The molecule has 0 unspecified atom stereocenters. The predicted octanol–water partition coefficient (Wildman–Crippen LogP) is 3.23. The molecule has 0 radical (unpaired) electrons. The van der Waals surface area contributed by atoms with E-state index in [1.165, 1.54) is 21.3 Å². The Kier molecular flexibility index (Phi) is 5.37. The molecule has 1 aliphatic heterocycles. The van der Waals surface area contributed by atoms with E-state index in [1.807, 2.05) is 0 Å². The quantitative estimate of drug-likeness (QED) is 0.712. The van der Waals surface area contributed by atoms with E-state index in [2.05, 4.69) is 0 Å². The van der Waals surface area contributed by atoms with Crippen LogP contribution in [-0.4, -0.2) is 38.0 Å². The third-order valence-electron chi connectivity index (χ3n) is 4.28. The summed E-state index contributed by atoms with van der Waals surface area (Å²) in [5, 5.41) is -0.120. The van der Waals surface area contributed by atoms with Crippen molar-refractivity contribution >= 4 is 29.0 Å². The monoisotopic (exact) mass is 387 g/mol. The summed E-state index contributed by atoms with van der Waals surface area (Å²) in [7, 11) is 4.55. The molecule has 0 saturated carbocycles. The average molecular weight is 388 g/mol. The van der Waals surface area contributed by atoms with Crippen molar-refractivity contribution in [3.8, 4) is 17.2 Å². The lowest BCUT2D eigenvalue weighted by atomic mass is 10.0. The number of ether oxygens (including phenoxy) is 3. The molecule has 2 amide bonds. The van der Waals surface area contributed by atoms with Crippen LogP contribution < -0.4 is 14.2 Å². The summed E-state index contributed by atoms with van der Waals surface area (Å²) in [5.74, 6) is 0.533. The normalized spacial score (nSPS) is 14.0. The van der Waals surface area contributed by atoms with Gasteiger partial charge >= 0.3 is 0 Å². The Morgan fingerprint density at radius 3 is 2.19 bits per heavy atom. The second-order valence-corrected chi connectivity index (χ2v) is 6.15. The first-order chi connectivity index (χ1) is 13.0. The zero-order valence-electron chi connectivity index (χ0n) is 15.1. The van der Waals surface area contributed by atoms with Crippen molar-refractivity contribution in [1.29, 1.82) is 0 Å². The molecule has 1 heterocycles. The van der Waals surface area contributed by atoms with Crippen LogP contribution in [0.2, 0.25) is 0 Å². The van der Waals surface area contributed by atoms with Gasteiger partial charge in [0.05, 0.1) is 33.4 Å². The van der Waals surface area contributed by atoms with E-state index in [9.17, 15) is 9.59 Å². The number of methoxy groups -OCH3 is 3. The molecule has 0 aromatic heterocycles. The number of imide groups is 1. The van der Waals surface area contributed by atoms with Crippen LogP contribution in [0.25, 0.3) is 5.57 Å². The minimum absolute atomic E-state index is 0.0624. The molecule has 7 heteroatoms. The van der Waals surface area contributed by atoms with Crippen LogP contribution in [0.15, 0.2) is 47.5 Å². The van der Waals surface area contributed by atoms with Crippen LogP contribution in [0, 0.1) is 0 Å². The van der Waals surface area contributed by atoms with Crippen molar-refractivity contribution in [2.75, 3.05) is 21.3 Å². The first kappa shape index (κ1) is 18.8. The van der Waals surface area contributed by atoms with Crippen LogP contribution in [0.3, 0.4) is 0 Å². The summed E-state index contributed by atoms with van der Waals surface area (Å²) in [4.78, 5) is 26.6. The largest absolute Gasteiger partial charge is 0.496 e. The zero-order chi connectivity index (χ0) is 19.6. The molecule has 0 N–H and O–H groups in total. The van der Waals surface area contributed by atoms with Crippen molar-refractivity contribution in [2.45, 2.75) is 6.54 Å². The third kappa shape index (κ3) is 3.36. The van der Waals surface area contributed by atoms with Gasteiger partial charge in [0.25, 0.3) is 11.8 Å². The molecule has 0 saturated heterocycles. The Labute approximate surface area is 161 Å². The van der Waals surface area contributed by atoms with Gasteiger partial charge in [0.1, 0.15) is 10.8 Å². The number of carbonyl (C=O) groups excluding carboxylic acids is 2. The van der Waals surface area contributed by atoms with Crippen molar-refractivity contribution in [3.63, 3.8) is 0 Å². The van der Waals surface area contributed by atoms with Crippen molar-refractivity contribution in [1.82, 2.24) is 4.90 Å². The molecule has 140 valence electrons. The summed E-state index contributed by atoms with van der Waals surface area (Å²) >= 11 is 6.22. The van der Waals surface area contributed by atoms with Crippen molar-refractivity contribution in [2.24, 2.45) is 0 Å². The minimum atomic E-state index is -0.544. The van der Waals surface area contributed by atoms with Gasteiger partial charge < -0.3 is 14.2 Å². The Hall–Kier alpha value is -2.99. The molecule has 6 nitrogen and oxygen atoms in total. The maximum absolute atomic E-state index is 12.9. The molecule has 2 aromatic rings. The number of amides is 2. The van der Waals surface area contributed by atoms with E-state index in [0.29, 0.717) is 28.4 Å². The van der Waals surface area contributed by atoms with Crippen LogP contribution in [-0.2, 0) is 16.1 Å². The van der Waals surface area contributed by atoms with Gasteiger partial charge in [-0.1, -0.05) is 35.9 Å². The molecule has 1 aliphatic rings. The van der Waals surface area contributed by atoms with E-state index >= 15 is 0 Å². The van der Waals surface area contributed by atoms with Crippen LogP contribution in [0.1, 0.15) is 11.1 Å². The Morgan fingerprint density at radius 1 is 0.852 bits per heavy atom. The van der Waals surface area contributed by atoms with Gasteiger partial charge in [-0.3, -0.25) is 14.5 Å². The van der Waals surface area contributed by atoms with E-state index in [4.69, 9.17) is 25.8 Å². The van der Waals surface area contributed by atoms with Crippen LogP contribution in [0.4, 0.5) is 0 Å². The first-order valence-electron chi connectivity index (χ1n) is 8.12. The molecule has 0 aliphatic carbocycles. The SMILES string of the molecule is COc1ccc(CN2C(=O)C(Cl)=C(c3ccccc3OC)C2=O)cc1OC. The molecule has 0 atom stereocenters. The topological polar surface area (TPSA) is 65.1 Å². The fourth-order valence-electron chi connectivity index (χ4n) is 2.94. The van der Waals surface area contributed by atoms with Gasteiger partial charge in [-0.25, -0.2) is 0 Å². The highest BCUT2D eigenvalue weighted by Crippen LogP contribution is 2.37.